The second-order valence-corrected chi connectivity index (χ2v) is 4.76. The lowest BCUT2D eigenvalue weighted by Crippen LogP contribution is -2.42. The normalized spacial score (nSPS) is 17.8. The molecule has 1 aliphatic carbocycles. The molecule has 0 unspecified atom stereocenters. The molecule has 4 N–H and O–H groups in total. The van der Waals surface area contributed by atoms with Gasteiger partial charge in [0.15, 0.2) is 11.8 Å². The van der Waals surface area contributed by atoms with Gasteiger partial charge in [-0.25, -0.2) is 5.10 Å². The third-order valence-electron chi connectivity index (χ3n) is 3.28. The number of aromatic nitrogens is 4. The van der Waals surface area contributed by atoms with Gasteiger partial charge in [-0.2, -0.15) is 0 Å². The molecule has 18 heavy (non-hydrogen) atoms. The van der Waals surface area contributed by atoms with Gasteiger partial charge in [0.25, 0.3) is 0 Å². The number of H-pyrrole nitrogens is 1. The first-order chi connectivity index (χ1) is 8.84. The highest BCUT2D eigenvalue weighted by atomic mass is 15.5. The molecule has 0 spiro atoms. The van der Waals surface area contributed by atoms with Crippen LogP contribution in [0.5, 0.6) is 0 Å². The van der Waals surface area contributed by atoms with Gasteiger partial charge in [-0.3, -0.25) is 5.41 Å². The summed E-state index contributed by atoms with van der Waals surface area (Å²) in [6.07, 6.45) is 8.85. The van der Waals surface area contributed by atoms with Crippen molar-refractivity contribution in [3.63, 3.8) is 0 Å². The number of tetrazole rings is 1. The van der Waals surface area contributed by atoms with E-state index in [4.69, 9.17) is 5.41 Å². The highest BCUT2D eigenvalue weighted by molar-refractivity contribution is 5.76. The molecule has 1 fully saturated rings. The maximum Gasteiger partial charge on any atom is 0.188 e. The van der Waals surface area contributed by atoms with Crippen molar-refractivity contribution in [2.24, 2.45) is 0 Å². The first-order valence-electron chi connectivity index (χ1n) is 6.66. The number of rotatable bonds is 3. The Morgan fingerprint density at radius 2 is 1.94 bits per heavy atom. The lowest BCUT2D eigenvalue weighted by molar-refractivity contribution is 0.424. The van der Waals surface area contributed by atoms with Gasteiger partial charge in [-0.1, -0.05) is 32.1 Å². The van der Waals surface area contributed by atoms with Gasteiger partial charge in [-0.05, 0) is 23.3 Å². The van der Waals surface area contributed by atoms with E-state index in [0.29, 0.717) is 24.4 Å². The summed E-state index contributed by atoms with van der Waals surface area (Å²) in [5, 5.41) is 27.4. The van der Waals surface area contributed by atoms with E-state index in [0.717, 1.165) is 12.8 Å². The zero-order chi connectivity index (χ0) is 12.6. The van der Waals surface area contributed by atoms with Crippen molar-refractivity contribution in [3.8, 4) is 0 Å². The molecule has 7 nitrogen and oxygen atoms in total. The molecular weight excluding hydrogens is 230 g/mol. The Balaban J connectivity index is 1.68. The van der Waals surface area contributed by atoms with Crippen LogP contribution in [0.3, 0.4) is 0 Å². The average Bonchev–Trinajstić information content (AvgIpc) is 2.83. The van der Waals surface area contributed by atoms with E-state index in [-0.39, 0.29) is 0 Å². The monoisotopic (exact) mass is 251 g/mol. The highest BCUT2D eigenvalue weighted by Gasteiger charge is 2.12. The smallest absolute Gasteiger partial charge is 0.188 e. The number of guanidine groups is 1. The Morgan fingerprint density at radius 3 is 2.61 bits per heavy atom. The molecule has 0 atom stereocenters. The quantitative estimate of drug-likeness (QED) is 0.473. The molecule has 0 aliphatic heterocycles. The molecule has 2 rings (SSSR count). The first kappa shape index (κ1) is 12.8. The molecule has 1 heterocycles. The van der Waals surface area contributed by atoms with Gasteiger partial charge < -0.3 is 10.6 Å². The average molecular weight is 251 g/mol. The van der Waals surface area contributed by atoms with Crippen molar-refractivity contribution in [2.45, 2.75) is 57.5 Å². The van der Waals surface area contributed by atoms with Crippen LogP contribution >= 0.6 is 0 Å². The summed E-state index contributed by atoms with van der Waals surface area (Å²) in [5.74, 6) is 0.996. The molecule has 0 aromatic carbocycles. The van der Waals surface area contributed by atoms with E-state index in [1.165, 1.54) is 32.1 Å². The van der Waals surface area contributed by atoms with Gasteiger partial charge in [0.2, 0.25) is 0 Å². The van der Waals surface area contributed by atoms with Crippen LogP contribution in [0.15, 0.2) is 0 Å². The molecule has 1 aromatic heterocycles. The third-order valence-corrected chi connectivity index (χ3v) is 3.28. The van der Waals surface area contributed by atoms with Crippen LogP contribution in [0.1, 0.15) is 50.8 Å². The number of nitrogens with one attached hydrogen (secondary N) is 4. The molecule has 0 amide bonds. The molecule has 1 saturated carbocycles. The molecule has 1 aromatic rings. The zero-order valence-electron chi connectivity index (χ0n) is 10.6. The zero-order valence-corrected chi connectivity index (χ0v) is 10.6. The SMILES string of the molecule is N=C(NCc1nnn[nH]1)NC1CCCCCCC1. The fourth-order valence-electron chi connectivity index (χ4n) is 2.28. The van der Waals surface area contributed by atoms with Crippen molar-refractivity contribution in [1.82, 2.24) is 31.3 Å². The molecule has 0 radical (unpaired) electrons. The van der Waals surface area contributed by atoms with E-state index in [1.807, 2.05) is 0 Å². The predicted molar refractivity (Wildman–Crippen MR) is 68.0 cm³/mol. The van der Waals surface area contributed by atoms with Crippen molar-refractivity contribution in [2.75, 3.05) is 0 Å². The minimum atomic E-state index is 0.358. The third kappa shape index (κ3) is 4.31. The van der Waals surface area contributed by atoms with Gasteiger partial charge >= 0.3 is 0 Å². The minimum absolute atomic E-state index is 0.358. The Morgan fingerprint density at radius 1 is 1.22 bits per heavy atom. The topological polar surface area (TPSA) is 102 Å². The Hall–Kier alpha value is -1.66. The van der Waals surface area contributed by atoms with E-state index in [2.05, 4.69) is 31.3 Å². The molecule has 1 aliphatic rings. The Bertz CT molecular complexity index is 340. The van der Waals surface area contributed by atoms with E-state index in [9.17, 15) is 0 Å². The summed E-state index contributed by atoms with van der Waals surface area (Å²) in [7, 11) is 0. The summed E-state index contributed by atoms with van der Waals surface area (Å²) in [6.45, 7) is 0.450. The minimum Gasteiger partial charge on any atom is -0.354 e. The van der Waals surface area contributed by atoms with E-state index < -0.39 is 0 Å². The molecule has 7 heteroatoms. The molecule has 100 valence electrons. The molecule has 0 bridgehead atoms. The number of hydrogen-bond donors (Lipinski definition) is 4. The van der Waals surface area contributed by atoms with Crippen LogP contribution in [0.4, 0.5) is 0 Å². The summed E-state index contributed by atoms with van der Waals surface area (Å²) >= 11 is 0. The summed E-state index contributed by atoms with van der Waals surface area (Å²) in [4.78, 5) is 0. The van der Waals surface area contributed by atoms with Crippen molar-refractivity contribution >= 4 is 5.96 Å². The van der Waals surface area contributed by atoms with Gasteiger partial charge in [0, 0.05) is 6.04 Å². The number of aromatic amines is 1. The maximum absolute atomic E-state index is 7.85. The lowest BCUT2D eigenvalue weighted by Gasteiger charge is -2.22. The fraction of sp³-hybridized carbons (Fsp3) is 0.818. The second-order valence-electron chi connectivity index (χ2n) is 4.76. The predicted octanol–water partition coefficient (Wildman–Crippen LogP) is 0.927. The van der Waals surface area contributed by atoms with Crippen LogP contribution in [0.25, 0.3) is 0 Å². The highest BCUT2D eigenvalue weighted by Crippen LogP contribution is 2.16. The van der Waals surface area contributed by atoms with Crippen molar-refractivity contribution in [3.05, 3.63) is 5.82 Å². The lowest BCUT2D eigenvalue weighted by atomic mass is 9.97. The first-order valence-corrected chi connectivity index (χ1v) is 6.66. The van der Waals surface area contributed by atoms with Gasteiger partial charge in [-0.15, -0.1) is 5.10 Å². The van der Waals surface area contributed by atoms with E-state index in [1.54, 1.807) is 0 Å². The van der Waals surface area contributed by atoms with Gasteiger partial charge in [0.1, 0.15) is 0 Å². The molecule has 0 saturated heterocycles. The van der Waals surface area contributed by atoms with Crippen LogP contribution < -0.4 is 10.6 Å². The number of nitrogens with zero attached hydrogens (tertiary/aromatic N) is 3. The van der Waals surface area contributed by atoms with Gasteiger partial charge in [0.05, 0.1) is 6.54 Å². The fourth-order valence-corrected chi connectivity index (χ4v) is 2.28. The maximum atomic E-state index is 7.85. The number of hydrogen-bond acceptors (Lipinski definition) is 4. The van der Waals surface area contributed by atoms with E-state index >= 15 is 0 Å². The van der Waals surface area contributed by atoms with Crippen LogP contribution in [-0.2, 0) is 6.54 Å². The Labute approximate surface area is 107 Å². The molecular formula is C11H21N7. The standard InChI is InChI=1S/C11H21N7/c12-11(13-8-10-15-17-18-16-10)14-9-6-4-2-1-3-5-7-9/h9H,1-8H2,(H3,12,13,14)(H,15,16,17,18). The van der Waals surface area contributed by atoms with Crippen molar-refractivity contribution < 1.29 is 0 Å². The largest absolute Gasteiger partial charge is 0.354 e. The summed E-state index contributed by atoms with van der Waals surface area (Å²) in [5.41, 5.74) is 0. The van der Waals surface area contributed by atoms with Crippen LogP contribution in [-0.4, -0.2) is 32.6 Å². The van der Waals surface area contributed by atoms with Crippen molar-refractivity contribution in [1.29, 1.82) is 5.41 Å². The van der Waals surface area contributed by atoms with Crippen LogP contribution in [0, 0.1) is 5.41 Å². The summed E-state index contributed by atoms with van der Waals surface area (Å²) in [6, 6.07) is 0.429. The summed E-state index contributed by atoms with van der Waals surface area (Å²) < 4.78 is 0. The Kier molecular flexibility index (Phi) is 4.92. The van der Waals surface area contributed by atoms with Crippen LogP contribution in [0.2, 0.25) is 0 Å². The second kappa shape index (κ2) is 6.93.